The lowest BCUT2D eigenvalue weighted by Gasteiger charge is -2.15. The van der Waals surface area contributed by atoms with Gasteiger partial charge in [0, 0.05) is 22.6 Å². The number of hydrogen-bond donors (Lipinski definition) is 2. The van der Waals surface area contributed by atoms with E-state index in [0.717, 1.165) is 29.2 Å². The largest absolute Gasteiger partial charge is 0.352 e. The van der Waals surface area contributed by atoms with E-state index >= 15 is 0 Å². The molecule has 3 aromatic rings. The lowest BCUT2D eigenvalue weighted by atomic mass is 10.1. The molecule has 2 aromatic carbocycles. The van der Waals surface area contributed by atoms with Gasteiger partial charge >= 0.3 is 0 Å². The van der Waals surface area contributed by atoms with Crippen molar-refractivity contribution in [1.29, 1.82) is 0 Å². The fraction of sp³-hybridized carbons (Fsp3) is 0.238. The average molecular weight is 365 g/mol. The van der Waals surface area contributed by atoms with Gasteiger partial charge < -0.3 is 10.6 Å². The van der Waals surface area contributed by atoms with Crippen molar-refractivity contribution in [2.45, 2.75) is 31.2 Å². The molecular formula is C21H24N4S. The van der Waals surface area contributed by atoms with E-state index in [1.807, 2.05) is 36.4 Å². The number of thioether (sulfide) groups is 1. The van der Waals surface area contributed by atoms with Gasteiger partial charge in [-0.25, -0.2) is 4.98 Å². The zero-order valence-corrected chi connectivity index (χ0v) is 16.2. The molecule has 0 aliphatic heterocycles. The molecular weight excluding hydrogens is 340 g/mol. The smallest absolute Gasteiger partial charge is 0.225 e. The highest BCUT2D eigenvalue weighted by Crippen LogP contribution is 2.29. The van der Waals surface area contributed by atoms with Crippen LogP contribution in [0.15, 0.2) is 65.6 Å². The highest BCUT2D eigenvalue weighted by Gasteiger charge is 2.10. The maximum absolute atomic E-state index is 4.71. The molecule has 5 heteroatoms. The zero-order valence-electron chi connectivity index (χ0n) is 15.4. The monoisotopic (exact) mass is 364 g/mol. The minimum absolute atomic E-state index is 0.312. The van der Waals surface area contributed by atoms with E-state index in [9.17, 15) is 0 Å². The lowest BCUT2D eigenvalue weighted by molar-refractivity contribution is 0.753. The van der Waals surface area contributed by atoms with Crippen LogP contribution in [0.25, 0.3) is 11.3 Å². The maximum Gasteiger partial charge on any atom is 0.225 e. The number of para-hydroxylation sites is 1. The van der Waals surface area contributed by atoms with Crippen molar-refractivity contribution in [1.82, 2.24) is 9.97 Å². The molecule has 0 spiro atoms. The number of nitrogens with zero attached hydrogens (tertiary/aromatic N) is 2. The summed E-state index contributed by atoms with van der Waals surface area (Å²) < 4.78 is 0. The molecule has 0 bridgehead atoms. The van der Waals surface area contributed by atoms with Crippen LogP contribution in [0.3, 0.4) is 0 Å². The minimum atomic E-state index is 0.312. The molecule has 0 fully saturated rings. The van der Waals surface area contributed by atoms with Crippen LogP contribution in [0, 0.1) is 0 Å². The summed E-state index contributed by atoms with van der Waals surface area (Å²) in [7, 11) is 0. The topological polar surface area (TPSA) is 49.8 Å². The van der Waals surface area contributed by atoms with Crippen molar-refractivity contribution in [2.24, 2.45) is 0 Å². The molecule has 1 atom stereocenters. The minimum Gasteiger partial charge on any atom is -0.352 e. The second-order valence-corrected chi connectivity index (χ2v) is 6.96. The van der Waals surface area contributed by atoms with Crippen molar-refractivity contribution in [2.75, 3.05) is 16.9 Å². The Balaban J connectivity index is 1.99. The summed E-state index contributed by atoms with van der Waals surface area (Å²) in [6.07, 6.45) is 3.09. The lowest BCUT2D eigenvalue weighted by Crippen LogP contribution is -2.16. The second-order valence-electron chi connectivity index (χ2n) is 6.11. The predicted octanol–water partition coefficient (Wildman–Crippen LogP) is 5.82. The van der Waals surface area contributed by atoms with Gasteiger partial charge in [-0.15, -0.1) is 11.8 Å². The third kappa shape index (κ3) is 4.55. The summed E-state index contributed by atoms with van der Waals surface area (Å²) in [6, 6.07) is 20.7. The van der Waals surface area contributed by atoms with Crippen LogP contribution in [0.5, 0.6) is 0 Å². The van der Waals surface area contributed by atoms with Gasteiger partial charge in [-0.2, -0.15) is 4.98 Å². The molecule has 0 saturated carbocycles. The normalized spacial score (nSPS) is 11.8. The Kier molecular flexibility index (Phi) is 6.12. The number of benzene rings is 2. The van der Waals surface area contributed by atoms with Crippen LogP contribution in [-0.4, -0.2) is 22.3 Å². The van der Waals surface area contributed by atoms with Crippen LogP contribution in [0.2, 0.25) is 0 Å². The Hall–Kier alpha value is -2.53. The number of anilines is 3. The molecule has 0 aliphatic carbocycles. The van der Waals surface area contributed by atoms with E-state index < -0.39 is 0 Å². The van der Waals surface area contributed by atoms with E-state index in [2.05, 4.69) is 60.0 Å². The Morgan fingerprint density at radius 2 is 1.73 bits per heavy atom. The Morgan fingerprint density at radius 1 is 1.00 bits per heavy atom. The first-order chi connectivity index (χ1) is 12.7. The number of aromatic nitrogens is 2. The van der Waals surface area contributed by atoms with Crippen LogP contribution in [0.1, 0.15) is 20.3 Å². The highest BCUT2D eigenvalue weighted by atomic mass is 32.2. The molecule has 2 N–H and O–H groups in total. The summed E-state index contributed by atoms with van der Waals surface area (Å²) in [5, 5.41) is 6.84. The van der Waals surface area contributed by atoms with Crippen molar-refractivity contribution in [3.63, 3.8) is 0 Å². The van der Waals surface area contributed by atoms with Gasteiger partial charge in [0.1, 0.15) is 5.82 Å². The number of hydrogen-bond acceptors (Lipinski definition) is 5. The van der Waals surface area contributed by atoms with Gasteiger partial charge in [-0.3, -0.25) is 0 Å². The van der Waals surface area contributed by atoms with E-state index in [4.69, 9.17) is 4.98 Å². The van der Waals surface area contributed by atoms with Gasteiger partial charge in [-0.1, -0.05) is 49.4 Å². The number of rotatable bonds is 7. The molecule has 0 aliphatic rings. The fourth-order valence-corrected chi connectivity index (χ4v) is 3.09. The van der Waals surface area contributed by atoms with Gasteiger partial charge in [0.15, 0.2) is 0 Å². The first kappa shape index (κ1) is 18.3. The summed E-state index contributed by atoms with van der Waals surface area (Å²) in [5.41, 5.74) is 3.02. The van der Waals surface area contributed by atoms with Crippen LogP contribution in [0.4, 0.5) is 17.5 Å². The summed E-state index contributed by atoms with van der Waals surface area (Å²) in [4.78, 5) is 10.6. The molecule has 1 aromatic heterocycles. The molecule has 0 unspecified atom stereocenters. The quantitative estimate of drug-likeness (QED) is 0.517. The van der Waals surface area contributed by atoms with Gasteiger partial charge in [0.05, 0.1) is 11.4 Å². The van der Waals surface area contributed by atoms with Crippen LogP contribution in [-0.2, 0) is 0 Å². The molecule has 0 amide bonds. The maximum atomic E-state index is 4.71. The van der Waals surface area contributed by atoms with E-state index in [1.54, 1.807) is 11.8 Å². The van der Waals surface area contributed by atoms with Gasteiger partial charge in [-0.05, 0) is 31.7 Å². The Morgan fingerprint density at radius 3 is 2.46 bits per heavy atom. The zero-order chi connectivity index (χ0) is 18.4. The van der Waals surface area contributed by atoms with Crippen molar-refractivity contribution in [3.05, 3.63) is 60.7 Å². The standard InChI is InChI=1S/C21H24N4S/c1-4-15(2)22-21-24-18(16-10-6-5-7-11-16)14-20(25-21)23-17-12-8-9-13-19(17)26-3/h5-15H,4H2,1-3H3,(H2,22,23,24,25)/t15-/m0/s1. The first-order valence-electron chi connectivity index (χ1n) is 8.80. The number of nitrogens with one attached hydrogen (secondary N) is 2. The first-order valence-corrected chi connectivity index (χ1v) is 10.0. The Labute approximate surface area is 159 Å². The Bertz CT molecular complexity index is 852. The molecule has 134 valence electrons. The van der Waals surface area contributed by atoms with Gasteiger partial charge in [0.25, 0.3) is 0 Å². The van der Waals surface area contributed by atoms with Crippen molar-refractivity contribution in [3.8, 4) is 11.3 Å². The third-order valence-corrected chi connectivity index (χ3v) is 4.95. The highest BCUT2D eigenvalue weighted by molar-refractivity contribution is 7.98. The summed E-state index contributed by atoms with van der Waals surface area (Å²) in [6.45, 7) is 4.28. The molecule has 26 heavy (non-hydrogen) atoms. The van der Waals surface area contributed by atoms with E-state index in [0.29, 0.717) is 12.0 Å². The summed E-state index contributed by atoms with van der Waals surface area (Å²) in [5.74, 6) is 1.43. The van der Waals surface area contributed by atoms with Crippen LogP contribution >= 0.6 is 11.8 Å². The van der Waals surface area contributed by atoms with Crippen molar-refractivity contribution < 1.29 is 0 Å². The SMILES string of the molecule is CC[C@H](C)Nc1nc(Nc2ccccc2SC)cc(-c2ccccc2)n1. The molecule has 1 heterocycles. The third-order valence-electron chi connectivity index (χ3n) is 4.15. The van der Waals surface area contributed by atoms with Crippen molar-refractivity contribution >= 4 is 29.2 Å². The molecule has 0 saturated heterocycles. The van der Waals surface area contributed by atoms with E-state index in [-0.39, 0.29) is 0 Å². The molecule has 3 rings (SSSR count). The van der Waals surface area contributed by atoms with Gasteiger partial charge in [0.2, 0.25) is 5.95 Å². The van der Waals surface area contributed by atoms with Crippen LogP contribution < -0.4 is 10.6 Å². The van der Waals surface area contributed by atoms with E-state index in [1.165, 1.54) is 4.90 Å². The fourth-order valence-electron chi connectivity index (χ4n) is 2.54. The molecule has 0 radical (unpaired) electrons. The molecule has 4 nitrogen and oxygen atoms in total. The second kappa shape index (κ2) is 8.72. The average Bonchev–Trinajstić information content (AvgIpc) is 2.69. The summed E-state index contributed by atoms with van der Waals surface area (Å²) >= 11 is 1.71. The predicted molar refractivity (Wildman–Crippen MR) is 112 cm³/mol.